The van der Waals surface area contributed by atoms with Crippen molar-refractivity contribution < 1.29 is 9.47 Å². The van der Waals surface area contributed by atoms with Gasteiger partial charge in [-0.05, 0) is 41.7 Å². The predicted octanol–water partition coefficient (Wildman–Crippen LogP) is 4.07. The van der Waals surface area contributed by atoms with Crippen LogP contribution in [-0.2, 0) is 5.41 Å². The Hall–Kier alpha value is -3.19. The Bertz CT molecular complexity index is 1330. The first kappa shape index (κ1) is 21.1. The van der Waals surface area contributed by atoms with Crippen LogP contribution in [-0.4, -0.2) is 28.3 Å². The molecule has 31 heavy (non-hydrogen) atoms. The average Bonchev–Trinajstić information content (AvgIpc) is 3.28. The highest BCUT2D eigenvalue weighted by atomic mass is 32.1. The molecule has 2 heterocycles. The lowest BCUT2D eigenvalue weighted by atomic mass is 9.87. The molecule has 0 aliphatic carbocycles. The van der Waals surface area contributed by atoms with Gasteiger partial charge in [0.1, 0.15) is 0 Å². The summed E-state index contributed by atoms with van der Waals surface area (Å²) in [5.74, 6) is 1.86. The maximum absolute atomic E-state index is 12.9. The molecule has 0 bridgehead atoms. The molecule has 0 aliphatic heterocycles. The Morgan fingerprint density at radius 3 is 2.45 bits per heavy atom. The molecule has 0 aliphatic rings. The minimum atomic E-state index is -0.182. The summed E-state index contributed by atoms with van der Waals surface area (Å²) in [5.41, 5.74) is 2.88. The van der Waals surface area contributed by atoms with Crippen molar-refractivity contribution in [2.75, 3.05) is 13.7 Å². The van der Waals surface area contributed by atoms with Crippen molar-refractivity contribution in [3.8, 4) is 22.9 Å². The highest BCUT2D eigenvalue weighted by Crippen LogP contribution is 2.28. The van der Waals surface area contributed by atoms with Crippen LogP contribution in [0.25, 0.3) is 22.4 Å². The highest BCUT2D eigenvalue weighted by Gasteiger charge is 2.15. The van der Waals surface area contributed by atoms with E-state index in [9.17, 15) is 4.79 Å². The lowest BCUT2D eigenvalue weighted by Crippen LogP contribution is -2.23. The molecule has 0 fully saturated rings. The van der Waals surface area contributed by atoms with Crippen LogP contribution in [0, 0.1) is 0 Å². The van der Waals surface area contributed by atoms with Gasteiger partial charge in [0, 0.05) is 5.56 Å². The number of rotatable bonds is 5. The smallest absolute Gasteiger partial charge is 0.291 e. The Labute approximate surface area is 184 Å². The third kappa shape index (κ3) is 4.18. The predicted molar refractivity (Wildman–Crippen MR) is 124 cm³/mol. The minimum Gasteiger partial charge on any atom is -0.493 e. The number of aromatic nitrogens is 3. The standard InChI is InChI=1S/C24H25N3O3S/c1-6-30-18-12-7-15(13-19(18)29-5)14-20-22(28)27-23(31-20)25-21(26-27)16-8-10-17(11-9-16)24(2,3)4/h7-14H,6H2,1-5H3. The molecule has 0 saturated carbocycles. The fraction of sp³-hybridized carbons (Fsp3) is 0.292. The van der Waals surface area contributed by atoms with E-state index in [0.717, 1.165) is 11.1 Å². The first-order chi connectivity index (χ1) is 14.8. The van der Waals surface area contributed by atoms with Crippen molar-refractivity contribution in [3.63, 3.8) is 0 Å². The van der Waals surface area contributed by atoms with E-state index < -0.39 is 0 Å². The Balaban J connectivity index is 1.69. The SMILES string of the molecule is CCOc1ccc(C=c2sc3nc(-c4ccc(C(C)(C)C)cc4)nn3c2=O)cc1OC. The van der Waals surface area contributed by atoms with E-state index >= 15 is 0 Å². The number of hydrogen-bond acceptors (Lipinski definition) is 6. The summed E-state index contributed by atoms with van der Waals surface area (Å²) in [4.78, 5) is 18.0. The second-order valence-electron chi connectivity index (χ2n) is 8.22. The average molecular weight is 436 g/mol. The molecular weight excluding hydrogens is 410 g/mol. The maximum atomic E-state index is 12.9. The summed E-state index contributed by atoms with van der Waals surface area (Å²) in [6, 6.07) is 13.8. The first-order valence-electron chi connectivity index (χ1n) is 10.1. The first-order valence-corrected chi connectivity index (χ1v) is 10.9. The lowest BCUT2D eigenvalue weighted by Gasteiger charge is -2.18. The molecular formula is C24H25N3O3S. The maximum Gasteiger partial charge on any atom is 0.291 e. The second kappa shape index (κ2) is 8.15. The van der Waals surface area contributed by atoms with Gasteiger partial charge in [-0.1, -0.05) is 62.4 Å². The fourth-order valence-electron chi connectivity index (χ4n) is 3.28. The molecule has 0 atom stereocenters. The molecule has 6 nitrogen and oxygen atoms in total. The van der Waals surface area contributed by atoms with E-state index in [1.165, 1.54) is 21.4 Å². The van der Waals surface area contributed by atoms with Crippen LogP contribution in [0.5, 0.6) is 11.5 Å². The molecule has 0 unspecified atom stereocenters. The van der Waals surface area contributed by atoms with E-state index in [2.05, 4.69) is 43.0 Å². The second-order valence-corrected chi connectivity index (χ2v) is 9.23. The van der Waals surface area contributed by atoms with Gasteiger partial charge < -0.3 is 9.47 Å². The van der Waals surface area contributed by atoms with E-state index in [4.69, 9.17) is 9.47 Å². The summed E-state index contributed by atoms with van der Waals surface area (Å²) in [5, 5.41) is 4.45. The van der Waals surface area contributed by atoms with Gasteiger partial charge in [-0.3, -0.25) is 4.79 Å². The van der Waals surface area contributed by atoms with Crippen molar-refractivity contribution in [1.29, 1.82) is 0 Å². The van der Waals surface area contributed by atoms with Gasteiger partial charge in [0.2, 0.25) is 4.96 Å². The van der Waals surface area contributed by atoms with Crippen LogP contribution in [0.3, 0.4) is 0 Å². The zero-order valence-electron chi connectivity index (χ0n) is 18.3. The number of hydrogen-bond donors (Lipinski definition) is 0. The monoisotopic (exact) mass is 435 g/mol. The van der Waals surface area contributed by atoms with Gasteiger partial charge in [-0.25, -0.2) is 0 Å². The molecule has 0 saturated heterocycles. The molecule has 4 rings (SSSR count). The summed E-state index contributed by atoms with van der Waals surface area (Å²) < 4.78 is 12.9. The Kier molecular flexibility index (Phi) is 5.54. The van der Waals surface area contributed by atoms with Crippen LogP contribution in [0.15, 0.2) is 47.3 Å². The van der Waals surface area contributed by atoms with Gasteiger partial charge in [-0.15, -0.1) is 5.10 Å². The van der Waals surface area contributed by atoms with Crippen molar-refractivity contribution in [1.82, 2.24) is 14.6 Å². The van der Waals surface area contributed by atoms with Gasteiger partial charge >= 0.3 is 0 Å². The third-order valence-electron chi connectivity index (χ3n) is 4.98. The van der Waals surface area contributed by atoms with E-state index in [0.29, 0.717) is 33.4 Å². The Morgan fingerprint density at radius 2 is 1.84 bits per heavy atom. The largest absolute Gasteiger partial charge is 0.493 e. The molecule has 4 aromatic rings. The number of fused-ring (bicyclic) bond motifs is 1. The molecule has 0 spiro atoms. The topological polar surface area (TPSA) is 65.7 Å². The molecule has 2 aromatic heterocycles. The Morgan fingerprint density at radius 1 is 1.10 bits per heavy atom. The highest BCUT2D eigenvalue weighted by molar-refractivity contribution is 7.15. The van der Waals surface area contributed by atoms with E-state index in [1.54, 1.807) is 7.11 Å². The zero-order chi connectivity index (χ0) is 22.2. The van der Waals surface area contributed by atoms with Crippen LogP contribution >= 0.6 is 11.3 Å². The zero-order valence-corrected chi connectivity index (χ0v) is 19.1. The fourth-order valence-corrected chi connectivity index (χ4v) is 4.18. The lowest BCUT2D eigenvalue weighted by molar-refractivity contribution is 0.311. The molecule has 0 radical (unpaired) electrons. The molecule has 0 N–H and O–H groups in total. The minimum absolute atomic E-state index is 0.0803. The molecule has 0 amide bonds. The quantitative estimate of drug-likeness (QED) is 0.473. The number of nitrogens with zero attached hydrogens (tertiary/aromatic N) is 3. The van der Waals surface area contributed by atoms with Gasteiger partial charge in [-0.2, -0.15) is 9.50 Å². The molecule has 160 valence electrons. The van der Waals surface area contributed by atoms with Crippen molar-refractivity contribution in [3.05, 3.63) is 68.5 Å². The number of ether oxygens (including phenoxy) is 2. The van der Waals surface area contributed by atoms with Crippen molar-refractivity contribution >= 4 is 22.4 Å². The van der Waals surface area contributed by atoms with Gasteiger partial charge in [0.15, 0.2) is 17.3 Å². The number of benzene rings is 2. The molecule has 2 aromatic carbocycles. The number of methoxy groups -OCH3 is 1. The molecule has 7 heteroatoms. The summed E-state index contributed by atoms with van der Waals surface area (Å²) in [6.45, 7) is 9.00. The van der Waals surface area contributed by atoms with Crippen LogP contribution in [0.1, 0.15) is 38.8 Å². The summed E-state index contributed by atoms with van der Waals surface area (Å²) >= 11 is 1.32. The van der Waals surface area contributed by atoms with Gasteiger partial charge in [0.05, 0.1) is 18.2 Å². The number of thiazole rings is 1. The normalized spacial score (nSPS) is 12.5. The van der Waals surface area contributed by atoms with E-state index in [1.807, 2.05) is 43.3 Å². The van der Waals surface area contributed by atoms with Crippen LogP contribution < -0.4 is 19.6 Å². The summed E-state index contributed by atoms with van der Waals surface area (Å²) in [6.07, 6.45) is 1.82. The van der Waals surface area contributed by atoms with Crippen molar-refractivity contribution in [2.24, 2.45) is 0 Å². The van der Waals surface area contributed by atoms with Gasteiger partial charge in [0.25, 0.3) is 5.56 Å². The summed E-state index contributed by atoms with van der Waals surface area (Å²) in [7, 11) is 1.60. The van der Waals surface area contributed by atoms with Crippen molar-refractivity contribution in [2.45, 2.75) is 33.1 Å². The third-order valence-corrected chi connectivity index (χ3v) is 5.94. The van der Waals surface area contributed by atoms with Crippen LogP contribution in [0.4, 0.5) is 0 Å². The van der Waals surface area contributed by atoms with E-state index in [-0.39, 0.29) is 11.0 Å². The van der Waals surface area contributed by atoms with Crippen LogP contribution in [0.2, 0.25) is 0 Å².